The van der Waals surface area contributed by atoms with E-state index in [1.807, 2.05) is 24.4 Å². The highest BCUT2D eigenvalue weighted by molar-refractivity contribution is 7.97. The fraction of sp³-hybridized carbons (Fsp3) is 0.222. The maximum Gasteiger partial charge on any atom is 0.0552 e. The standard InChI is InChI=1S/C18H19ClN2S/c1-13-5-2-3-6-14(13)10-18(21-17-11-20-22-12-17)15-7-4-8-16(19)9-15/h2-9,11,18,20-21H,10,12H2,1H3. The van der Waals surface area contributed by atoms with E-state index < -0.39 is 0 Å². The van der Waals surface area contributed by atoms with Gasteiger partial charge in [-0.2, -0.15) is 0 Å². The molecule has 0 fully saturated rings. The minimum atomic E-state index is 0.214. The lowest BCUT2D eigenvalue weighted by Crippen LogP contribution is -2.23. The molecule has 0 amide bonds. The monoisotopic (exact) mass is 330 g/mol. The number of halogens is 1. The predicted octanol–water partition coefficient (Wildman–Crippen LogP) is 4.61. The van der Waals surface area contributed by atoms with Crippen LogP contribution in [0.2, 0.25) is 5.02 Å². The van der Waals surface area contributed by atoms with Crippen LogP contribution in [0.5, 0.6) is 0 Å². The smallest absolute Gasteiger partial charge is 0.0552 e. The van der Waals surface area contributed by atoms with Crippen molar-refractivity contribution in [1.29, 1.82) is 0 Å². The lowest BCUT2D eigenvalue weighted by atomic mass is 9.96. The topological polar surface area (TPSA) is 24.1 Å². The second-order valence-electron chi connectivity index (χ2n) is 5.46. The number of rotatable bonds is 5. The Bertz CT molecular complexity index is 684. The second-order valence-corrected chi connectivity index (χ2v) is 6.71. The summed E-state index contributed by atoms with van der Waals surface area (Å²) in [5, 5.41) is 4.43. The van der Waals surface area contributed by atoms with Gasteiger partial charge in [0.1, 0.15) is 0 Å². The van der Waals surface area contributed by atoms with Gasteiger partial charge in [0.05, 0.1) is 11.8 Å². The molecule has 0 saturated carbocycles. The van der Waals surface area contributed by atoms with E-state index in [-0.39, 0.29) is 6.04 Å². The van der Waals surface area contributed by atoms with E-state index in [9.17, 15) is 0 Å². The zero-order chi connectivity index (χ0) is 15.4. The molecule has 1 heterocycles. The highest BCUT2D eigenvalue weighted by Crippen LogP contribution is 2.25. The van der Waals surface area contributed by atoms with Crippen molar-refractivity contribution in [1.82, 2.24) is 10.0 Å². The first kappa shape index (κ1) is 15.3. The van der Waals surface area contributed by atoms with Crippen molar-refractivity contribution >= 4 is 23.5 Å². The number of hydrogen-bond donors (Lipinski definition) is 2. The Kier molecular flexibility index (Phi) is 4.96. The van der Waals surface area contributed by atoms with Crippen molar-refractivity contribution < 1.29 is 0 Å². The van der Waals surface area contributed by atoms with Gasteiger partial charge in [0.15, 0.2) is 0 Å². The average molecular weight is 331 g/mol. The lowest BCUT2D eigenvalue weighted by Gasteiger charge is -2.22. The maximum absolute atomic E-state index is 6.18. The van der Waals surface area contributed by atoms with Crippen molar-refractivity contribution in [2.75, 3.05) is 5.75 Å². The summed E-state index contributed by atoms with van der Waals surface area (Å²) in [4.78, 5) is 0. The third-order valence-corrected chi connectivity index (χ3v) is 4.82. The summed E-state index contributed by atoms with van der Waals surface area (Å²) in [6, 6.07) is 16.9. The minimum Gasteiger partial charge on any atom is -0.379 e. The van der Waals surface area contributed by atoms with E-state index in [1.165, 1.54) is 22.4 Å². The molecule has 2 aromatic carbocycles. The molecule has 1 atom stereocenters. The van der Waals surface area contributed by atoms with Gasteiger partial charge < -0.3 is 10.0 Å². The van der Waals surface area contributed by atoms with Crippen molar-refractivity contribution in [3.63, 3.8) is 0 Å². The van der Waals surface area contributed by atoms with Crippen molar-refractivity contribution in [2.45, 2.75) is 19.4 Å². The molecule has 1 aliphatic heterocycles. The van der Waals surface area contributed by atoms with E-state index in [1.54, 1.807) is 11.9 Å². The van der Waals surface area contributed by atoms with Gasteiger partial charge in [-0.15, -0.1) is 0 Å². The Hall–Kier alpha value is -1.58. The van der Waals surface area contributed by atoms with Gasteiger partial charge in [-0.25, -0.2) is 0 Å². The highest BCUT2D eigenvalue weighted by Gasteiger charge is 2.16. The Labute approximate surface area is 141 Å². The van der Waals surface area contributed by atoms with E-state index >= 15 is 0 Å². The van der Waals surface area contributed by atoms with Gasteiger partial charge in [0, 0.05) is 16.9 Å². The fourth-order valence-electron chi connectivity index (χ4n) is 2.62. The summed E-state index contributed by atoms with van der Waals surface area (Å²) < 4.78 is 3.18. The molecule has 1 aliphatic rings. The van der Waals surface area contributed by atoms with Crippen molar-refractivity contribution in [2.24, 2.45) is 0 Å². The molecule has 1 unspecified atom stereocenters. The Balaban J connectivity index is 1.87. The van der Waals surface area contributed by atoms with Gasteiger partial charge in [-0.3, -0.25) is 0 Å². The maximum atomic E-state index is 6.18. The molecule has 0 saturated heterocycles. The van der Waals surface area contributed by atoms with Gasteiger partial charge >= 0.3 is 0 Å². The van der Waals surface area contributed by atoms with Gasteiger partial charge in [0.25, 0.3) is 0 Å². The van der Waals surface area contributed by atoms with Crippen molar-refractivity contribution in [3.8, 4) is 0 Å². The SMILES string of the molecule is Cc1ccccc1CC(NC1=CNSC1)c1cccc(Cl)c1. The minimum absolute atomic E-state index is 0.214. The Morgan fingerprint density at radius 3 is 2.82 bits per heavy atom. The van der Waals surface area contributed by atoms with Crippen LogP contribution in [-0.4, -0.2) is 5.75 Å². The molecule has 0 aliphatic carbocycles. The van der Waals surface area contributed by atoms with Crippen LogP contribution in [0.15, 0.2) is 60.4 Å². The third kappa shape index (κ3) is 3.79. The molecule has 3 rings (SSSR count). The largest absolute Gasteiger partial charge is 0.379 e. The number of benzene rings is 2. The molecule has 4 heteroatoms. The molecule has 2 aromatic rings. The van der Waals surface area contributed by atoms with Gasteiger partial charge in [0.2, 0.25) is 0 Å². The van der Waals surface area contributed by atoms with Crippen LogP contribution >= 0.6 is 23.5 Å². The molecule has 0 aromatic heterocycles. The van der Waals surface area contributed by atoms with Crippen LogP contribution in [0.3, 0.4) is 0 Å². The molecule has 114 valence electrons. The fourth-order valence-corrected chi connectivity index (χ4v) is 3.45. The van der Waals surface area contributed by atoms with Crippen LogP contribution < -0.4 is 10.0 Å². The summed E-state index contributed by atoms with van der Waals surface area (Å²) >= 11 is 7.88. The van der Waals surface area contributed by atoms with E-state index in [0.29, 0.717) is 0 Å². The van der Waals surface area contributed by atoms with E-state index in [0.717, 1.165) is 17.2 Å². The predicted molar refractivity (Wildman–Crippen MR) is 95.9 cm³/mol. The first-order valence-corrected chi connectivity index (χ1v) is 8.71. The normalized spacial score (nSPS) is 15.1. The van der Waals surface area contributed by atoms with E-state index in [4.69, 9.17) is 11.6 Å². The Morgan fingerprint density at radius 1 is 1.23 bits per heavy atom. The summed E-state index contributed by atoms with van der Waals surface area (Å²) in [5.41, 5.74) is 5.13. The summed E-state index contributed by atoms with van der Waals surface area (Å²) in [6.45, 7) is 2.16. The summed E-state index contributed by atoms with van der Waals surface area (Å²) in [7, 11) is 0. The summed E-state index contributed by atoms with van der Waals surface area (Å²) in [6.07, 6.45) is 2.98. The molecule has 2 nitrogen and oxygen atoms in total. The van der Waals surface area contributed by atoms with E-state index in [2.05, 4.69) is 47.3 Å². The molecule has 0 spiro atoms. The molecule has 22 heavy (non-hydrogen) atoms. The van der Waals surface area contributed by atoms with Crippen LogP contribution in [0.25, 0.3) is 0 Å². The third-order valence-electron chi connectivity index (χ3n) is 3.84. The number of hydrogen-bond acceptors (Lipinski definition) is 3. The first-order valence-electron chi connectivity index (χ1n) is 7.35. The molecular formula is C18H19ClN2S. The van der Waals surface area contributed by atoms with Crippen LogP contribution in [0.1, 0.15) is 22.7 Å². The van der Waals surface area contributed by atoms with Crippen LogP contribution in [0, 0.1) is 6.92 Å². The van der Waals surface area contributed by atoms with Gasteiger partial charge in [-0.05, 0) is 54.1 Å². The number of nitrogens with one attached hydrogen (secondary N) is 2. The zero-order valence-corrected chi connectivity index (χ0v) is 14.0. The Morgan fingerprint density at radius 2 is 2.09 bits per heavy atom. The highest BCUT2D eigenvalue weighted by atomic mass is 35.5. The second kappa shape index (κ2) is 7.12. The quantitative estimate of drug-likeness (QED) is 0.782. The lowest BCUT2D eigenvalue weighted by molar-refractivity contribution is 0.595. The molecular weight excluding hydrogens is 312 g/mol. The molecule has 0 bridgehead atoms. The zero-order valence-electron chi connectivity index (χ0n) is 12.5. The van der Waals surface area contributed by atoms with Crippen LogP contribution in [-0.2, 0) is 6.42 Å². The van der Waals surface area contributed by atoms with Crippen LogP contribution in [0.4, 0.5) is 0 Å². The molecule has 0 radical (unpaired) electrons. The first-order chi connectivity index (χ1) is 10.7. The summed E-state index contributed by atoms with van der Waals surface area (Å²) in [5.74, 6) is 0.963. The average Bonchev–Trinajstić information content (AvgIpc) is 3.02. The van der Waals surface area contributed by atoms with Crippen molar-refractivity contribution in [3.05, 3.63) is 82.1 Å². The van der Waals surface area contributed by atoms with Gasteiger partial charge in [-0.1, -0.05) is 48.0 Å². The molecule has 2 N–H and O–H groups in total. The number of aryl methyl sites for hydroxylation is 1.